The molecule has 0 saturated heterocycles. The zero-order chi connectivity index (χ0) is 12.9. The molecule has 0 saturated carbocycles. The molecule has 0 fully saturated rings. The van der Waals surface area contributed by atoms with E-state index in [0.717, 1.165) is 5.92 Å². The monoisotopic (exact) mass is 427 g/mol. The van der Waals surface area contributed by atoms with E-state index >= 15 is 0 Å². The Morgan fingerprint density at radius 1 is 1.56 bits per heavy atom. The molecule has 0 spiro atoms. The Morgan fingerprint density at radius 3 is 2.38 bits per heavy atom. The minimum atomic E-state index is -4.56. The maximum atomic E-state index is 11.9. The van der Waals surface area contributed by atoms with Gasteiger partial charge in [-0.15, -0.1) is 0 Å². The van der Waals surface area contributed by atoms with E-state index in [0.29, 0.717) is 26.1 Å². The summed E-state index contributed by atoms with van der Waals surface area (Å²) in [4.78, 5) is 11.2. The van der Waals surface area contributed by atoms with Crippen molar-refractivity contribution in [1.82, 2.24) is 8.03 Å². The van der Waals surface area contributed by atoms with Gasteiger partial charge >= 0.3 is 108 Å². The minimum absolute atomic E-state index is 0.0109. The summed E-state index contributed by atoms with van der Waals surface area (Å²) in [6.45, 7) is 3.45. The molecule has 1 unspecified atom stereocenters. The Bertz CT molecular complexity index is 341. The number of rotatable bonds is 3. The molecule has 1 N–H and O–H groups in total. The van der Waals surface area contributed by atoms with Crippen LogP contribution in [0, 0.1) is 11.8 Å². The Morgan fingerprint density at radius 2 is 2.06 bits per heavy atom. The van der Waals surface area contributed by atoms with Crippen LogP contribution in [0.25, 0.3) is 0 Å². The van der Waals surface area contributed by atoms with Gasteiger partial charge in [0.2, 0.25) is 0 Å². The van der Waals surface area contributed by atoms with E-state index in [1.807, 2.05) is 5.92 Å². The predicted octanol–water partition coefficient (Wildman–Crippen LogP) is 0.238. The van der Waals surface area contributed by atoms with E-state index in [1.54, 1.807) is 7.05 Å². The van der Waals surface area contributed by atoms with E-state index in [-0.39, 0.29) is 5.57 Å². The summed E-state index contributed by atoms with van der Waals surface area (Å²) in [7, 11) is 2.96. The van der Waals surface area contributed by atoms with E-state index < -0.39 is 18.1 Å². The van der Waals surface area contributed by atoms with Crippen LogP contribution in [0.4, 0.5) is 13.2 Å². The first-order valence-corrected chi connectivity index (χ1v) is 5.87. The summed E-state index contributed by atoms with van der Waals surface area (Å²) in [6, 6.07) is -0.895. The van der Waals surface area contributed by atoms with Gasteiger partial charge in [-0.05, 0) is 0 Å². The van der Waals surface area contributed by atoms with Crippen LogP contribution in [0.5, 0.6) is 0 Å². The van der Waals surface area contributed by atoms with Crippen LogP contribution < -0.4 is 5.32 Å². The average molecular weight is 426 g/mol. The van der Waals surface area contributed by atoms with Crippen LogP contribution in [-0.2, 0) is 4.79 Å². The number of halogens is 3. The maximum absolute atomic E-state index is 11.9. The number of nitrogens with one attached hydrogen (secondary N) is 1. The molecule has 0 rings (SSSR count). The second-order valence-electron chi connectivity index (χ2n) is 2.88. The van der Waals surface area contributed by atoms with Crippen LogP contribution in [0.2, 0.25) is 0 Å². The SMILES string of the molecule is C=C(C(=O)NC)C(C#CC(F)(F)F)[N](C)[Pb]. The van der Waals surface area contributed by atoms with Crippen molar-refractivity contribution in [1.29, 1.82) is 0 Å². The van der Waals surface area contributed by atoms with Crippen LogP contribution in [0.3, 0.4) is 0 Å². The van der Waals surface area contributed by atoms with Gasteiger partial charge in [0.05, 0.1) is 0 Å². The summed E-state index contributed by atoms with van der Waals surface area (Å²) in [5.41, 5.74) is 0.0109. The van der Waals surface area contributed by atoms with Crippen LogP contribution in [0.15, 0.2) is 12.2 Å². The third kappa shape index (κ3) is 5.51. The summed E-state index contributed by atoms with van der Waals surface area (Å²) >= 11 is 0.472. The molecule has 1 atom stereocenters. The van der Waals surface area contributed by atoms with E-state index in [2.05, 4.69) is 11.9 Å². The van der Waals surface area contributed by atoms with E-state index in [1.165, 1.54) is 9.76 Å². The molecule has 0 aromatic rings. The standard InChI is InChI=1S/C9H10F3N2O.Pb/c1-6(8(15)14-3)7(13-2)4-5-9(10,11)12;/h7H,1H2,2-3H3,(H,14,15);/q-1;+1. The molecule has 3 nitrogen and oxygen atoms in total. The molecule has 1 amide bonds. The molecule has 0 aromatic heterocycles. The number of hydrogen-bond donors (Lipinski definition) is 1. The number of hydrogen-bond acceptors (Lipinski definition) is 2. The number of alkyl halides is 3. The quantitative estimate of drug-likeness (QED) is 0.399. The fraction of sp³-hybridized carbons (Fsp3) is 0.444. The van der Waals surface area contributed by atoms with Crippen molar-refractivity contribution in [2.24, 2.45) is 0 Å². The molecule has 16 heavy (non-hydrogen) atoms. The first-order chi connectivity index (χ1) is 7.19. The van der Waals surface area contributed by atoms with Gasteiger partial charge in [0.25, 0.3) is 0 Å². The molecule has 0 aliphatic rings. The van der Waals surface area contributed by atoms with Crippen molar-refractivity contribution in [3.63, 3.8) is 0 Å². The molecule has 0 aliphatic heterocycles. The van der Waals surface area contributed by atoms with Crippen molar-refractivity contribution < 1.29 is 18.0 Å². The van der Waals surface area contributed by atoms with Gasteiger partial charge in [0, 0.05) is 0 Å². The molecular weight excluding hydrogens is 416 g/mol. The molecule has 7 heteroatoms. The first kappa shape index (κ1) is 15.4. The van der Waals surface area contributed by atoms with Crippen molar-refractivity contribution in [2.75, 3.05) is 14.1 Å². The molecule has 0 aliphatic carbocycles. The van der Waals surface area contributed by atoms with Gasteiger partial charge in [0.1, 0.15) is 0 Å². The summed E-state index contributed by atoms with van der Waals surface area (Å²) < 4.78 is 37.3. The Kier molecular flexibility index (Phi) is 6.03. The predicted molar refractivity (Wildman–Crippen MR) is 54.3 cm³/mol. The van der Waals surface area contributed by atoms with Gasteiger partial charge in [-0.1, -0.05) is 0 Å². The molecule has 0 heterocycles. The van der Waals surface area contributed by atoms with Crippen molar-refractivity contribution in [3.05, 3.63) is 12.2 Å². The number of nitrogens with zero attached hydrogens (tertiary/aromatic N) is 1. The Labute approximate surface area is 108 Å². The number of carbonyl (C=O) groups excluding carboxylic acids is 1. The summed E-state index contributed by atoms with van der Waals surface area (Å²) in [5.74, 6) is 2.64. The van der Waals surface area contributed by atoms with Gasteiger partial charge in [0.15, 0.2) is 0 Å². The molecule has 0 aromatic carbocycles. The summed E-state index contributed by atoms with van der Waals surface area (Å²) in [5, 5.41) is 2.30. The number of likely N-dealkylation sites (N-methyl/N-ethyl adjacent to an activating group) is 2. The molecule has 87 valence electrons. The van der Waals surface area contributed by atoms with E-state index in [4.69, 9.17) is 0 Å². The van der Waals surface area contributed by atoms with Crippen LogP contribution in [0.1, 0.15) is 0 Å². The third-order valence-electron chi connectivity index (χ3n) is 1.59. The summed E-state index contributed by atoms with van der Waals surface area (Å²) in [6.07, 6.45) is -4.56. The number of carbonyl (C=O) groups is 1. The molecule has 0 bridgehead atoms. The Balaban J connectivity index is 4.95. The van der Waals surface area contributed by atoms with Gasteiger partial charge in [-0.2, -0.15) is 0 Å². The zero-order valence-electron chi connectivity index (χ0n) is 8.77. The fourth-order valence-corrected chi connectivity index (χ4v) is 1.71. The molecular formula is C9H10F3N2OPb. The first-order valence-electron chi connectivity index (χ1n) is 4.13. The third-order valence-corrected chi connectivity index (χ3v) is 2.59. The van der Waals surface area contributed by atoms with Crippen LogP contribution >= 0.6 is 0 Å². The van der Waals surface area contributed by atoms with Gasteiger partial charge in [-0.3, -0.25) is 0 Å². The zero-order valence-corrected chi connectivity index (χ0v) is 12.7. The van der Waals surface area contributed by atoms with Crippen LogP contribution in [-0.4, -0.2) is 61.0 Å². The van der Waals surface area contributed by atoms with Crippen molar-refractivity contribution in [2.45, 2.75) is 12.2 Å². The van der Waals surface area contributed by atoms with Crippen molar-refractivity contribution in [3.8, 4) is 11.8 Å². The topological polar surface area (TPSA) is 32.3 Å². The average Bonchev–Trinajstić information content (AvgIpc) is 2.14. The second kappa shape index (κ2) is 6.24. The second-order valence-corrected chi connectivity index (χ2v) is 5.63. The molecule has 3 radical (unpaired) electrons. The number of amides is 1. The van der Waals surface area contributed by atoms with Gasteiger partial charge < -0.3 is 0 Å². The van der Waals surface area contributed by atoms with Crippen molar-refractivity contribution >= 4 is 32.0 Å². The van der Waals surface area contributed by atoms with Gasteiger partial charge in [-0.25, -0.2) is 0 Å². The fourth-order valence-electron chi connectivity index (χ4n) is 0.853. The normalized spacial score (nSPS) is 12.7. The Hall–Kier alpha value is -0.558. The van der Waals surface area contributed by atoms with E-state index in [9.17, 15) is 18.0 Å².